The van der Waals surface area contributed by atoms with Crippen molar-refractivity contribution >= 4 is 11.8 Å². The number of benzene rings is 1. The number of aromatic nitrogens is 2. The quantitative estimate of drug-likeness (QED) is 0.598. The fraction of sp³-hybridized carbons (Fsp3) is 0.471. The molecule has 0 aliphatic rings. The summed E-state index contributed by atoms with van der Waals surface area (Å²) in [6, 6.07) is 5.76. The number of nitrogens with one attached hydrogen (secondary N) is 1. The van der Waals surface area contributed by atoms with Crippen LogP contribution in [0.2, 0.25) is 0 Å². The number of hydrogen-bond acceptors (Lipinski definition) is 8. The number of alkyl carbamates (subject to hydrolysis) is 1. The Morgan fingerprint density at radius 3 is 2.63 bits per heavy atom. The van der Waals surface area contributed by atoms with Crippen molar-refractivity contribution < 1.29 is 23.7 Å². The molecular formula is C17H22N4O6. The first kappa shape index (κ1) is 20.1. The van der Waals surface area contributed by atoms with Gasteiger partial charge in [0.1, 0.15) is 16.9 Å². The van der Waals surface area contributed by atoms with Crippen LogP contribution in [0.15, 0.2) is 28.8 Å². The Labute approximate surface area is 156 Å². The Hall–Kier alpha value is -3.17. The molecule has 1 aromatic heterocycles. The van der Waals surface area contributed by atoms with Gasteiger partial charge in [0.2, 0.25) is 0 Å². The van der Waals surface area contributed by atoms with E-state index in [2.05, 4.69) is 15.5 Å². The van der Waals surface area contributed by atoms with Crippen LogP contribution in [-0.4, -0.2) is 26.8 Å². The Morgan fingerprint density at radius 1 is 1.30 bits per heavy atom. The monoisotopic (exact) mass is 378 g/mol. The largest absolute Gasteiger partial charge is 0.484 e. The van der Waals surface area contributed by atoms with Crippen molar-refractivity contribution in [3.63, 3.8) is 0 Å². The number of rotatable bonds is 6. The summed E-state index contributed by atoms with van der Waals surface area (Å²) in [4.78, 5) is 26.4. The molecule has 0 aliphatic heterocycles. The number of non-ortho nitro benzene ring substituents is 1. The van der Waals surface area contributed by atoms with Crippen LogP contribution < -0.4 is 10.1 Å². The predicted octanol–water partition coefficient (Wildman–Crippen LogP) is 3.32. The molecule has 0 spiro atoms. The van der Waals surface area contributed by atoms with Crippen molar-refractivity contribution in [2.45, 2.75) is 52.4 Å². The normalized spacial score (nSPS) is 11.7. The smallest absolute Gasteiger partial charge is 0.408 e. The molecule has 0 saturated heterocycles. The van der Waals surface area contributed by atoms with Crippen molar-refractivity contribution in [2.75, 3.05) is 0 Å². The lowest BCUT2D eigenvalue weighted by molar-refractivity contribution is -0.384. The van der Waals surface area contributed by atoms with E-state index in [1.165, 1.54) is 18.2 Å². The maximum absolute atomic E-state index is 12.0. The Kier molecular flexibility index (Phi) is 5.67. The molecule has 0 bridgehead atoms. The minimum atomic E-state index is -0.935. The topological polar surface area (TPSA) is 130 Å². The lowest BCUT2D eigenvalue weighted by Crippen LogP contribution is -2.44. The first-order chi connectivity index (χ1) is 12.5. The van der Waals surface area contributed by atoms with Gasteiger partial charge in [-0.3, -0.25) is 10.1 Å². The SMILES string of the molecule is CC(C)(C)OC(=O)NC(C)(C)c1noc(COc2cccc([N+](=O)[O-])c2)n1. The third-order valence-corrected chi connectivity index (χ3v) is 3.23. The van der Waals surface area contributed by atoms with E-state index in [0.29, 0.717) is 5.75 Å². The molecule has 146 valence electrons. The average molecular weight is 378 g/mol. The van der Waals surface area contributed by atoms with Crippen molar-refractivity contribution in [3.05, 3.63) is 46.1 Å². The van der Waals surface area contributed by atoms with Gasteiger partial charge < -0.3 is 19.3 Å². The second-order valence-electron chi connectivity index (χ2n) is 7.31. The molecule has 0 fully saturated rings. The molecule has 1 aromatic carbocycles. The van der Waals surface area contributed by atoms with Crippen LogP contribution in [0.5, 0.6) is 5.75 Å². The maximum Gasteiger partial charge on any atom is 0.408 e. The number of carbonyl (C=O) groups is 1. The lowest BCUT2D eigenvalue weighted by Gasteiger charge is -2.26. The van der Waals surface area contributed by atoms with E-state index in [4.69, 9.17) is 14.0 Å². The van der Waals surface area contributed by atoms with E-state index in [0.717, 1.165) is 0 Å². The third kappa shape index (κ3) is 5.94. The minimum Gasteiger partial charge on any atom is -0.484 e. The summed E-state index contributed by atoms with van der Waals surface area (Å²) >= 11 is 0. The van der Waals surface area contributed by atoms with Gasteiger partial charge in [-0.2, -0.15) is 4.98 Å². The van der Waals surface area contributed by atoms with Crippen LogP contribution in [0.3, 0.4) is 0 Å². The number of amides is 1. The fourth-order valence-electron chi connectivity index (χ4n) is 2.01. The highest BCUT2D eigenvalue weighted by Crippen LogP contribution is 2.21. The number of nitro benzene ring substituents is 1. The van der Waals surface area contributed by atoms with Crippen LogP contribution in [0, 0.1) is 10.1 Å². The van der Waals surface area contributed by atoms with Gasteiger partial charge in [0.25, 0.3) is 11.6 Å². The van der Waals surface area contributed by atoms with Crippen molar-refractivity contribution in [1.29, 1.82) is 0 Å². The molecule has 0 radical (unpaired) electrons. The zero-order valence-corrected chi connectivity index (χ0v) is 15.8. The summed E-state index contributed by atoms with van der Waals surface area (Å²) in [5, 5.41) is 17.3. The molecule has 10 nitrogen and oxygen atoms in total. The van der Waals surface area contributed by atoms with Crippen molar-refractivity contribution in [3.8, 4) is 5.75 Å². The zero-order chi connectivity index (χ0) is 20.2. The average Bonchev–Trinajstić information content (AvgIpc) is 3.00. The van der Waals surface area contributed by atoms with Crippen molar-refractivity contribution in [1.82, 2.24) is 15.5 Å². The lowest BCUT2D eigenvalue weighted by atomic mass is 10.1. The summed E-state index contributed by atoms with van der Waals surface area (Å²) in [6.45, 7) is 8.61. The van der Waals surface area contributed by atoms with Gasteiger partial charge in [-0.05, 0) is 40.7 Å². The summed E-state index contributed by atoms with van der Waals surface area (Å²) in [5.41, 5.74) is -1.65. The van der Waals surface area contributed by atoms with Gasteiger partial charge in [-0.15, -0.1) is 0 Å². The van der Waals surface area contributed by atoms with Gasteiger partial charge in [0.15, 0.2) is 12.4 Å². The van der Waals surface area contributed by atoms with E-state index >= 15 is 0 Å². The molecule has 10 heteroatoms. The molecule has 1 amide bonds. The van der Waals surface area contributed by atoms with Gasteiger partial charge >= 0.3 is 6.09 Å². The highest BCUT2D eigenvalue weighted by Gasteiger charge is 2.31. The van der Waals surface area contributed by atoms with Gasteiger partial charge in [-0.1, -0.05) is 11.2 Å². The number of ether oxygens (including phenoxy) is 2. The molecule has 27 heavy (non-hydrogen) atoms. The second kappa shape index (κ2) is 7.60. The number of nitrogens with zero attached hydrogens (tertiary/aromatic N) is 3. The number of carbonyl (C=O) groups excluding carboxylic acids is 1. The fourth-order valence-corrected chi connectivity index (χ4v) is 2.01. The van der Waals surface area contributed by atoms with E-state index in [-0.39, 0.29) is 24.0 Å². The number of hydrogen-bond donors (Lipinski definition) is 1. The Morgan fingerprint density at radius 2 is 2.00 bits per heavy atom. The van der Waals surface area contributed by atoms with Crippen LogP contribution in [-0.2, 0) is 16.9 Å². The predicted molar refractivity (Wildman–Crippen MR) is 94.1 cm³/mol. The third-order valence-electron chi connectivity index (χ3n) is 3.23. The van der Waals surface area contributed by atoms with E-state index in [9.17, 15) is 14.9 Å². The second-order valence-corrected chi connectivity index (χ2v) is 7.31. The van der Waals surface area contributed by atoms with Gasteiger partial charge in [0, 0.05) is 6.07 Å². The Bertz CT molecular complexity index is 825. The van der Waals surface area contributed by atoms with E-state index < -0.39 is 22.2 Å². The van der Waals surface area contributed by atoms with Crippen LogP contribution in [0.25, 0.3) is 0 Å². The minimum absolute atomic E-state index is 0.0727. The van der Waals surface area contributed by atoms with Crippen LogP contribution >= 0.6 is 0 Å². The van der Waals surface area contributed by atoms with Crippen LogP contribution in [0.4, 0.5) is 10.5 Å². The summed E-state index contributed by atoms with van der Waals surface area (Å²) in [7, 11) is 0. The van der Waals surface area contributed by atoms with Crippen molar-refractivity contribution in [2.24, 2.45) is 0 Å². The highest BCUT2D eigenvalue weighted by molar-refractivity contribution is 5.68. The number of nitro groups is 1. The maximum atomic E-state index is 12.0. The summed E-state index contributed by atoms with van der Waals surface area (Å²) in [6.07, 6.45) is -0.605. The summed E-state index contributed by atoms with van der Waals surface area (Å²) < 4.78 is 15.8. The zero-order valence-electron chi connectivity index (χ0n) is 15.8. The summed E-state index contributed by atoms with van der Waals surface area (Å²) in [5.74, 6) is 0.705. The van der Waals surface area contributed by atoms with E-state index in [1.54, 1.807) is 40.7 Å². The molecule has 0 aliphatic carbocycles. The first-order valence-corrected chi connectivity index (χ1v) is 8.18. The highest BCUT2D eigenvalue weighted by atomic mass is 16.6. The molecule has 1 N–H and O–H groups in total. The molecule has 0 saturated carbocycles. The van der Waals surface area contributed by atoms with Gasteiger partial charge in [-0.25, -0.2) is 4.79 Å². The van der Waals surface area contributed by atoms with Crippen LogP contribution in [0.1, 0.15) is 46.3 Å². The van der Waals surface area contributed by atoms with E-state index in [1.807, 2.05) is 0 Å². The molecule has 2 aromatic rings. The molecular weight excluding hydrogens is 356 g/mol. The first-order valence-electron chi connectivity index (χ1n) is 8.18. The Balaban J connectivity index is 2.00. The van der Waals surface area contributed by atoms with Gasteiger partial charge in [0.05, 0.1) is 11.0 Å². The molecule has 0 unspecified atom stereocenters. The molecule has 1 heterocycles. The standard InChI is InChI=1S/C17H22N4O6/c1-16(2,3)26-15(22)19-17(4,5)14-18-13(27-20-14)10-25-12-8-6-7-11(9-12)21(23)24/h6-9H,10H2,1-5H3,(H,19,22). The molecule has 2 rings (SSSR count). The molecule has 0 atom stereocenters.